The highest BCUT2D eigenvalue weighted by molar-refractivity contribution is 7.91. The molecule has 1 aliphatic heterocycles. The molecule has 1 aliphatic rings. The molecule has 0 aromatic heterocycles. The largest absolute Gasteiger partial charge is 0.273 e. The number of rotatable bonds is 4. The molecule has 108 valence electrons. The van der Waals surface area contributed by atoms with E-state index in [0.29, 0.717) is 6.42 Å². The molecule has 6 heteroatoms. The van der Waals surface area contributed by atoms with E-state index in [0.717, 1.165) is 11.1 Å². The van der Waals surface area contributed by atoms with Crippen molar-refractivity contribution >= 4 is 22.0 Å². The normalized spacial score (nSPS) is 21.1. The van der Waals surface area contributed by atoms with Crippen LogP contribution in [0.15, 0.2) is 29.4 Å². The summed E-state index contributed by atoms with van der Waals surface area (Å²) in [5, 5.41) is 3.88. The molecule has 0 radical (unpaired) electrons. The molecule has 0 saturated carbocycles. The van der Waals surface area contributed by atoms with Gasteiger partial charge in [-0.25, -0.2) is 13.8 Å². The lowest BCUT2D eigenvalue weighted by Gasteiger charge is -2.05. The van der Waals surface area contributed by atoms with Crippen LogP contribution in [0.5, 0.6) is 0 Å². The Bertz CT molecular complexity index is 606. The first kappa shape index (κ1) is 14.7. The summed E-state index contributed by atoms with van der Waals surface area (Å²) in [5.41, 5.74) is 4.50. The smallest absolute Gasteiger partial charge is 0.240 e. The van der Waals surface area contributed by atoms with Crippen molar-refractivity contribution in [2.75, 3.05) is 11.5 Å². The van der Waals surface area contributed by atoms with Crippen molar-refractivity contribution in [3.8, 4) is 0 Å². The molecule has 1 aromatic carbocycles. The summed E-state index contributed by atoms with van der Waals surface area (Å²) in [4.78, 5) is 11.6. The number of benzene rings is 1. The molecule has 5 nitrogen and oxygen atoms in total. The van der Waals surface area contributed by atoms with Gasteiger partial charge in [0.05, 0.1) is 17.7 Å². The quantitative estimate of drug-likeness (QED) is 0.671. The molecule has 0 spiro atoms. The Labute approximate surface area is 119 Å². The van der Waals surface area contributed by atoms with Gasteiger partial charge in [0.2, 0.25) is 5.91 Å². The summed E-state index contributed by atoms with van der Waals surface area (Å²) in [6.07, 6.45) is 2.35. The van der Waals surface area contributed by atoms with Gasteiger partial charge in [0.1, 0.15) is 0 Å². The predicted molar refractivity (Wildman–Crippen MR) is 78.3 cm³/mol. The SMILES string of the molecule is Cc1ccc(/C=N\NC(=O)C[C@H]2CCS(=O)(=O)C2)cc1. The Morgan fingerprint density at radius 2 is 2.10 bits per heavy atom. The van der Waals surface area contributed by atoms with E-state index in [1.54, 1.807) is 6.21 Å². The number of aryl methyl sites for hydroxylation is 1. The number of carbonyl (C=O) groups excluding carboxylic acids is 1. The third-order valence-corrected chi connectivity index (χ3v) is 5.12. The highest BCUT2D eigenvalue weighted by Gasteiger charge is 2.29. The fourth-order valence-electron chi connectivity index (χ4n) is 2.17. The van der Waals surface area contributed by atoms with E-state index in [4.69, 9.17) is 0 Å². The number of hydrogen-bond acceptors (Lipinski definition) is 4. The van der Waals surface area contributed by atoms with Crippen LogP contribution in [0.25, 0.3) is 0 Å². The molecule has 0 bridgehead atoms. The van der Waals surface area contributed by atoms with Crippen LogP contribution in [-0.2, 0) is 14.6 Å². The van der Waals surface area contributed by atoms with Gasteiger partial charge in [-0.05, 0) is 24.8 Å². The Hall–Kier alpha value is -1.69. The van der Waals surface area contributed by atoms with Crippen molar-refractivity contribution in [1.29, 1.82) is 0 Å². The second-order valence-electron chi connectivity index (χ2n) is 5.18. The molecule has 1 amide bonds. The lowest BCUT2D eigenvalue weighted by Crippen LogP contribution is -2.21. The van der Waals surface area contributed by atoms with Crippen LogP contribution < -0.4 is 5.43 Å². The van der Waals surface area contributed by atoms with Crippen LogP contribution in [0.4, 0.5) is 0 Å². The first-order valence-electron chi connectivity index (χ1n) is 6.53. The summed E-state index contributed by atoms with van der Waals surface area (Å²) in [6.45, 7) is 2.00. The van der Waals surface area contributed by atoms with Crippen molar-refractivity contribution in [3.63, 3.8) is 0 Å². The van der Waals surface area contributed by atoms with Gasteiger partial charge < -0.3 is 0 Å². The van der Waals surface area contributed by atoms with Crippen molar-refractivity contribution < 1.29 is 13.2 Å². The zero-order chi connectivity index (χ0) is 14.6. The minimum atomic E-state index is -2.93. The first-order chi connectivity index (χ1) is 9.44. The number of nitrogens with one attached hydrogen (secondary N) is 1. The zero-order valence-corrected chi connectivity index (χ0v) is 12.2. The molecule has 1 heterocycles. The zero-order valence-electron chi connectivity index (χ0n) is 11.4. The average molecular weight is 294 g/mol. The highest BCUT2D eigenvalue weighted by atomic mass is 32.2. The van der Waals surface area contributed by atoms with Gasteiger partial charge in [-0.2, -0.15) is 5.10 Å². The predicted octanol–water partition coefficient (Wildman–Crippen LogP) is 1.27. The topological polar surface area (TPSA) is 75.6 Å². The molecule has 1 N–H and O–H groups in total. The summed E-state index contributed by atoms with van der Waals surface area (Å²) >= 11 is 0. The second kappa shape index (κ2) is 6.17. The maximum absolute atomic E-state index is 11.6. The van der Waals surface area contributed by atoms with Crippen LogP contribution >= 0.6 is 0 Å². The molecule has 20 heavy (non-hydrogen) atoms. The minimum absolute atomic E-state index is 0.0745. The van der Waals surface area contributed by atoms with E-state index in [1.807, 2.05) is 31.2 Å². The highest BCUT2D eigenvalue weighted by Crippen LogP contribution is 2.21. The lowest BCUT2D eigenvalue weighted by molar-refractivity contribution is -0.121. The molecule has 0 aliphatic carbocycles. The van der Waals surface area contributed by atoms with Crippen molar-refractivity contribution in [3.05, 3.63) is 35.4 Å². The lowest BCUT2D eigenvalue weighted by atomic mass is 10.1. The molecule has 2 rings (SSSR count). The number of carbonyl (C=O) groups is 1. The second-order valence-corrected chi connectivity index (χ2v) is 7.41. The molecule has 1 atom stereocenters. The van der Waals surface area contributed by atoms with Gasteiger partial charge in [0, 0.05) is 6.42 Å². The Kier molecular flexibility index (Phi) is 4.54. The molecular formula is C14H18N2O3S. The fraction of sp³-hybridized carbons (Fsp3) is 0.429. The fourth-order valence-corrected chi connectivity index (χ4v) is 4.03. The molecule has 1 fully saturated rings. The van der Waals surface area contributed by atoms with Crippen LogP contribution in [0, 0.1) is 12.8 Å². The number of nitrogens with zero attached hydrogens (tertiary/aromatic N) is 1. The summed E-state index contributed by atoms with van der Waals surface area (Å²) in [5.74, 6) is -0.00955. The summed E-state index contributed by atoms with van der Waals surface area (Å²) in [6, 6.07) is 7.75. The minimum Gasteiger partial charge on any atom is -0.273 e. The van der Waals surface area contributed by atoms with Crippen molar-refractivity contribution in [2.45, 2.75) is 19.8 Å². The van der Waals surface area contributed by atoms with Crippen LogP contribution in [0.1, 0.15) is 24.0 Å². The maximum Gasteiger partial charge on any atom is 0.240 e. The molecule has 1 saturated heterocycles. The average Bonchev–Trinajstić information content (AvgIpc) is 2.71. The van der Waals surface area contributed by atoms with Gasteiger partial charge >= 0.3 is 0 Å². The third kappa shape index (κ3) is 4.45. The number of hydrazone groups is 1. The number of hydrogen-bond donors (Lipinski definition) is 1. The Balaban J connectivity index is 1.79. The van der Waals surface area contributed by atoms with Crippen molar-refractivity contribution in [1.82, 2.24) is 5.43 Å². The molecule has 1 aromatic rings. The molecule has 0 unspecified atom stereocenters. The van der Waals surface area contributed by atoms with E-state index in [1.165, 1.54) is 0 Å². The van der Waals surface area contributed by atoms with E-state index in [-0.39, 0.29) is 29.8 Å². The van der Waals surface area contributed by atoms with Gasteiger partial charge in [0.25, 0.3) is 0 Å². The van der Waals surface area contributed by atoms with E-state index in [2.05, 4.69) is 10.5 Å². The number of sulfone groups is 1. The Morgan fingerprint density at radius 3 is 2.70 bits per heavy atom. The third-order valence-electron chi connectivity index (χ3n) is 3.28. The number of amides is 1. The summed E-state index contributed by atoms with van der Waals surface area (Å²) < 4.78 is 22.6. The molecular weight excluding hydrogens is 276 g/mol. The van der Waals surface area contributed by atoms with Gasteiger partial charge in [-0.15, -0.1) is 0 Å². The Morgan fingerprint density at radius 1 is 1.40 bits per heavy atom. The van der Waals surface area contributed by atoms with Gasteiger partial charge in [-0.3, -0.25) is 4.79 Å². The van der Waals surface area contributed by atoms with Gasteiger partial charge in [0.15, 0.2) is 9.84 Å². The van der Waals surface area contributed by atoms with Crippen LogP contribution in [0.2, 0.25) is 0 Å². The summed E-state index contributed by atoms with van der Waals surface area (Å²) in [7, 11) is -2.93. The maximum atomic E-state index is 11.6. The van der Waals surface area contributed by atoms with E-state index in [9.17, 15) is 13.2 Å². The van der Waals surface area contributed by atoms with Crippen LogP contribution in [-0.4, -0.2) is 32.0 Å². The van der Waals surface area contributed by atoms with E-state index < -0.39 is 9.84 Å². The standard InChI is InChI=1S/C14H18N2O3S/c1-11-2-4-12(5-3-11)9-15-16-14(17)8-13-6-7-20(18,19)10-13/h2-5,9,13H,6-8,10H2,1H3,(H,16,17)/b15-9-/t13-/m1/s1. The van der Waals surface area contributed by atoms with E-state index >= 15 is 0 Å². The monoisotopic (exact) mass is 294 g/mol. The first-order valence-corrected chi connectivity index (χ1v) is 8.36. The van der Waals surface area contributed by atoms with Gasteiger partial charge in [-0.1, -0.05) is 29.8 Å². The van der Waals surface area contributed by atoms with Crippen LogP contribution in [0.3, 0.4) is 0 Å². The van der Waals surface area contributed by atoms with Crippen molar-refractivity contribution in [2.24, 2.45) is 11.0 Å².